The molecule has 1 aliphatic heterocycles. The molecule has 2 N–H and O–H groups in total. The average Bonchev–Trinajstić information content (AvgIpc) is 2.74. The van der Waals surface area contributed by atoms with Gasteiger partial charge in [-0.1, -0.05) is 48.5 Å². The van der Waals surface area contributed by atoms with Gasteiger partial charge in [0.05, 0.1) is 5.69 Å². The molecule has 5 heteroatoms. The second kappa shape index (κ2) is 4.94. The molecule has 1 fully saturated rings. The van der Waals surface area contributed by atoms with Gasteiger partial charge < -0.3 is 5.32 Å². The van der Waals surface area contributed by atoms with Crippen LogP contribution in [-0.4, -0.2) is 16.9 Å². The molecule has 1 saturated heterocycles. The Morgan fingerprint density at radius 3 is 2.14 bits per heavy atom. The van der Waals surface area contributed by atoms with E-state index in [2.05, 4.69) is 10.7 Å². The molecule has 0 saturated carbocycles. The topological polar surface area (TPSA) is 61.4 Å². The Balaban J connectivity index is 1.89. The van der Waals surface area contributed by atoms with Crippen LogP contribution in [0.2, 0.25) is 0 Å². The third kappa shape index (κ3) is 2.23. The first-order valence-electron chi connectivity index (χ1n) is 6.65. The molecule has 0 radical (unpaired) electrons. The lowest BCUT2D eigenvalue weighted by molar-refractivity contribution is -0.130. The first-order valence-corrected chi connectivity index (χ1v) is 6.65. The summed E-state index contributed by atoms with van der Waals surface area (Å²) in [5.41, 5.74) is 3.21. The Kier molecular flexibility index (Phi) is 3.10. The number of para-hydroxylation sites is 1. The van der Waals surface area contributed by atoms with Crippen LogP contribution in [-0.2, 0) is 10.3 Å². The third-order valence-electron chi connectivity index (χ3n) is 3.56. The highest BCUT2D eigenvalue weighted by Gasteiger charge is 2.49. The van der Waals surface area contributed by atoms with E-state index in [-0.39, 0.29) is 5.91 Å². The first-order chi connectivity index (χ1) is 10.1. The third-order valence-corrected chi connectivity index (χ3v) is 3.56. The Morgan fingerprint density at radius 1 is 0.952 bits per heavy atom. The summed E-state index contributed by atoms with van der Waals surface area (Å²) >= 11 is 0. The number of nitrogens with zero attached hydrogens (tertiary/aromatic N) is 1. The van der Waals surface area contributed by atoms with Gasteiger partial charge in [0.1, 0.15) is 5.54 Å². The maximum atomic E-state index is 12.6. The monoisotopic (exact) mass is 281 g/mol. The fourth-order valence-corrected chi connectivity index (χ4v) is 2.35. The molecule has 1 aliphatic rings. The van der Waals surface area contributed by atoms with Gasteiger partial charge in [0.25, 0.3) is 5.91 Å². The molecule has 0 aliphatic carbocycles. The number of amides is 3. The quantitative estimate of drug-likeness (QED) is 0.850. The molecule has 5 nitrogen and oxygen atoms in total. The van der Waals surface area contributed by atoms with E-state index in [0.717, 1.165) is 10.6 Å². The molecular weight excluding hydrogens is 266 g/mol. The van der Waals surface area contributed by atoms with Gasteiger partial charge >= 0.3 is 6.03 Å². The van der Waals surface area contributed by atoms with Crippen molar-refractivity contribution in [1.82, 2.24) is 10.3 Å². The van der Waals surface area contributed by atoms with E-state index >= 15 is 0 Å². The number of hydrogen-bond acceptors (Lipinski definition) is 3. The minimum atomic E-state index is -1.06. The van der Waals surface area contributed by atoms with E-state index in [4.69, 9.17) is 0 Å². The predicted octanol–water partition coefficient (Wildman–Crippen LogP) is 2.48. The zero-order valence-corrected chi connectivity index (χ0v) is 11.5. The fraction of sp³-hybridized carbons (Fsp3) is 0.125. The van der Waals surface area contributed by atoms with E-state index in [1.165, 1.54) is 0 Å². The summed E-state index contributed by atoms with van der Waals surface area (Å²) in [5.74, 6) is -0.331. The van der Waals surface area contributed by atoms with Gasteiger partial charge in [-0.05, 0) is 24.6 Å². The number of carbonyl (C=O) groups is 2. The lowest BCUT2D eigenvalue weighted by Crippen LogP contribution is -2.41. The van der Waals surface area contributed by atoms with Crippen LogP contribution in [0.1, 0.15) is 12.5 Å². The van der Waals surface area contributed by atoms with Crippen LogP contribution in [0.4, 0.5) is 10.5 Å². The van der Waals surface area contributed by atoms with Crippen LogP contribution in [0, 0.1) is 0 Å². The van der Waals surface area contributed by atoms with Gasteiger partial charge in [0.2, 0.25) is 0 Å². The van der Waals surface area contributed by atoms with Crippen molar-refractivity contribution in [3.05, 3.63) is 66.2 Å². The van der Waals surface area contributed by atoms with Crippen LogP contribution in [0.3, 0.4) is 0 Å². The average molecular weight is 281 g/mol. The molecule has 3 rings (SSSR count). The van der Waals surface area contributed by atoms with Gasteiger partial charge in [-0.2, -0.15) is 5.01 Å². The first kappa shape index (κ1) is 13.2. The standard InChI is InChI=1S/C16H15N3O2/c1-16(12-8-4-2-5-9-12)14(20)19(15(21)17-16)18-13-10-6-3-7-11-13/h2-11,18H,1H3,(H,17,21)/t16-/m0/s1. The number of carbonyl (C=O) groups excluding carboxylic acids is 2. The van der Waals surface area contributed by atoms with Crippen LogP contribution in [0.5, 0.6) is 0 Å². The van der Waals surface area contributed by atoms with Gasteiger partial charge in [0, 0.05) is 0 Å². The van der Waals surface area contributed by atoms with Gasteiger partial charge in [-0.15, -0.1) is 0 Å². The van der Waals surface area contributed by atoms with Gasteiger partial charge in [-0.3, -0.25) is 10.2 Å². The van der Waals surface area contributed by atoms with Crippen molar-refractivity contribution in [2.45, 2.75) is 12.5 Å². The lowest BCUT2D eigenvalue weighted by Gasteiger charge is -2.22. The minimum Gasteiger partial charge on any atom is -0.318 e. The van der Waals surface area contributed by atoms with Crippen molar-refractivity contribution in [1.29, 1.82) is 0 Å². The summed E-state index contributed by atoms with van der Waals surface area (Å²) in [7, 11) is 0. The number of urea groups is 1. The predicted molar refractivity (Wildman–Crippen MR) is 79.2 cm³/mol. The van der Waals surface area contributed by atoms with Gasteiger partial charge in [0.15, 0.2) is 0 Å². The molecule has 0 unspecified atom stereocenters. The number of rotatable bonds is 3. The molecule has 2 aromatic carbocycles. The molecule has 1 atom stereocenters. The molecule has 21 heavy (non-hydrogen) atoms. The summed E-state index contributed by atoms with van der Waals surface area (Å²) in [5, 5.41) is 3.76. The number of benzene rings is 2. The van der Waals surface area contributed by atoms with Crippen LogP contribution >= 0.6 is 0 Å². The van der Waals surface area contributed by atoms with Crippen molar-refractivity contribution in [2.24, 2.45) is 0 Å². The van der Waals surface area contributed by atoms with Crippen LogP contribution in [0.25, 0.3) is 0 Å². The second-order valence-electron chi connectivity index (χ2n) is 5.04. The summed E-state index contributed by atoms with van der Waals surface area (Å²) in [4.78, 5) is 24.7. The number of anilines is 1. The summed E-state index contributed by atoms with van der Waals surface area (Å²) in [6, 6.07) is 17.8. The summed E-state index contributed by atoms with van der Waals surface area (Å²) in [6.45, 7) is 1.70. The molecular formula is C16H15N3O2. The molecule has 0 bridgehead atoms. The Morgan fingerprint density at radius 2 is 1.52 bits per heavy atom. The van der Waals surface area contributed by atoms with Crippen molar-refractivity contribution >= 4 is 17.6 Å². The van der Waals surface area contributed by atoms with Crippen molar-refractivity contribution in [2.75, 3.05) is 5.43 Å². The zero-order chi connectivity index (χ0) is 14.9. The lowest BCUT2D eigenvalue weighted by atomic mass is 9.92. The normalized spacial score (nSPS) is 21.3. The van der Waals surface area contributed by atoms with Gasteiger partial charge in [-0.25, -0.2) is 4.79 Å². The minimum absolute atomic E-state index is 0.331. The van der Waals surface area contributed by atoms with Crippen LogP contribution in [0.15, 0.2) is 60.7 Å². The molecule has 0 aromatic heterocycles. The van der Waals surface area contributed by atoms with E-state index in [1.54, 1.807) is 19.1 Å². The number of hydrogen-bond donors (Lipinski definition) is 2. The molecule has 3 amide bonds. The smallest absolute Gasteiger partial charge is 0.318 e. The van der Waals surface area contributed by atoms with E-state index in [9.17, 15) is 9.59 Å². The maximum absolute atomic E-state index is 12.6. The number of hydrazine groups is 1. The second-order valence-corrected chi connectivity index (χ2v) is 5.04. The van der Waals surface area contributed by atoms with Crippen molar-refractivity contribution in [3.63, 3.8) is 0 Å². The summed E-state index contributed by atoms with van der Waals surface area (Å²) < 4.78 is 0. The zero-order valence-electron chi connectivity index (χ0n) is 11.5. The highest BCUT2D eigenvalue weighted by molar-refractivity contribution is 6.08. The molecule has 0 spiro atoms. The van der Waals surface area contributed by atoms with E-state index < -0.39 is 11.6 Å². The molecule has 106 valence electrons. The maximum Gasteiger partial charge on any atom is 0.344 e. The van der Waals surface area contributed by atoms with Crippen LogP contribution < -0.4 is 10.7 Å². The molecule has 2 aromatic rings. The highest BCUT2D eigenvalue weighted by atomic mass is 16.2. The number of imide groups is 1. The molecule has 1 heterocycles. The number of nitrogens with one attached hydrogen (secondary N) is 2. The highest BCUT2D eigenvalue weighted by Crippen LogP contribution is 2.28. The van der Waals surface area contributed by atoms with Crippen molar-refractivity contribution in [3.8, 4) is 0 Å². The largest absolute Gasteiger partial charge is 0.344 e. The Hall–Kier alpha value is -2.82. The fourth-order valence-electron chi connectivity index (χ4n) is 2.35. The Labute approximate surface area is 122 Å². The summed E-state index contributed by atoms with van der Waals surface area (Å²) in [6.07, 6.45) is 0. The SMILES string of the molecule is C[C@@]1(c2ccccc2)NC(=O)N(Nc2ccccc2)C1=O. The van der Waals surface area contributed by atoms with E-state index in [1.807, 2.05) is 48.5 Å². The van der Waals surface area contributed by atoms with E-state index in [0.29, 0.717) is 5.69 Å². The van der Waals surface area contributed by atoms with Crippen molar-refractivity contribution < 1.29 is 9.59 Å². The Bertz CT molecular complexity index is 672.